The monoisotopic (exact) mass is 331 g/mol. The van der Waals surface area contributed by atoms with Crippen LogP contribution in [0.2, 0.25) is 0 Å². The van der Waals surface area contributed by atoms with Gasteiger partial charge in [0.1, 0.15) is 0 Å². The predicted octanol–water partition coefficient (Wildman–Crippen LogP) is 1.06. The highest BCUT2D eigenvalue weighted by atomic mass is 16.2. The number of fused-ring (bicyclic) bond motifs is 1. The number of nitrogens with zero attached hydrogens (tertiary/aromatic N) is 3. The summed E-state index contributed by atoms with van der Waals surface area (Å²) in [6, 6.07) is 1.68. The second-order valence-corrected chi connectivity index (χ2v) is 6.78. The summed E-state index contributed by atoms with van der Waals surface area (Å²) in [6.07, 6.45) is 6.48. The molecular weight excluding hydrogens is 306 g/mol. The average Bonchev–Trinajstić information content (AvgIpc) is 2.57. The largest absolute Gasteiger partial charge is 0.343 e. The van der Waals surface area contributed by atoms with Crippen LogP contribution in [0.4, 0.5) is 0 Å². The number of likely N-dealkylation sites (tertiary alicyclic amines) is 1. The fraction of sp³-hybridized carbons (Fsp3) is 0.611. The Hall–Kier alpha value is -2.11. The molecular formula is C18H25N3O3. The van der Waals surface area contributed by atoms with Gasteiger partial charge in [0.05, 0.1) is 0 Å². The molecule has 24 heavy (non-hydrogen) atoms. The molecule has 3 rings (SSSR count). The number of pyridine rings is 1. The van der Waals surface area contributed by atoms with Crippen molar-refractivity contribution in [2.75, 3.05) is 19.6 Å². The van der Waals surface area contributed by atoms with Crippen LogP contribution < -0.4 is 5.56 Å². The zero-order chi connectivity index (χ0) is 17.1. The summed E-state index contributed by atoms with van der Waals surface area (Å²) in [6.45, 7) is 2.76. The van der Waals surface area contributed by atoms with Crippen molar-refractivity contribution in [3.05, 3.63) is 33.7 Å². The smallest absolute Gasteiger partial charge is 0.250 e. The lowest BCUT2D eigenvalue weighted by Gasteiger charge is -2.30. The quantitative estimate of drug-likeness (QED) is 0.829. The minimum Gasteiger partial charge on any atom is -0.343 e. The molecule has 1 aromatic rings. The van der Waals surface area contributed by atoms with E-state index in [2.05, 4.69) is 0 Å². The molecule has 0 radical (unpaired) electrons. The highest BCUT2D eigenvalue weighted by molar-refractivity contribution is 5.78. The van der Waals surface area contributed by atoms with E-state index in [-0.39, 0.29) is 17.4 Å². The molecule has 0 spiro atoms. The second kappa shape index (κ2) is 7.20. The maximum absolute atomic E-state index is 12.4. The van der Waals surface area contributed by atoms with Crippen LogP contribution in [-0.4, -0.2) is 45.8 Å². The number of carbonyl (C=O) groups excluding carboxylic acids is 2. The van der Waals surface area contributed by atoms with Crippen molar-refractivity contribution in [1.29, 1.82) is 0 Å². The van der Waals surface area contributed by atoms with Gasteiger partial charge in [-0.3, -0.25) is 14.4 Å². The van der Waals surface area contributed by atoms with Gasteiger partial charge in [0, 0.05) is 58.3 Å². The van der Waals surface area contributed by atoms with E-state index in [1.807, 2.05) is 16.0 Å². The first-order valence-corrected chi connectivity index (χ1v) is 8.78. The van der Waals surface area contributed by atoms with Gasteiger partial charge in [0.15, 0.2) is 0 Å². The molecule has 6 nitrogen and oxygen atoms in total. The lowest BCUT2D eigenvalue weighted by molar-refractivity contribution is -0.135. The molecule has 2 aliphatic heterocycles. The molecule has 2 amide bonds. The van der Waals surface area contributed by atoms with E-state index >= 15 is 0 Å². The van der Waals surface area contributed by atoms with Crippen LogP contribution in [0, 0.1) is 0 Å². The van der Waals surface area contributed by atoms with E-state index in [9.17, 15) is 14.4 Å². The normalized spacial score (nSPS) is 17.8. The Morgan fingerprint density at radius 3 is 2.75 bits per heavy atom. The van der Waals surface area contributed by atoms with Crippen LogP contribution >= 0.6 is 0 Å². The average molecular weight is 331 g/mol. The van der Waals surface area contributed by atoms with Crippen molar-refractivity contribution in [2.24, 2.45) is 7.05 Å². The molecule has 0 N–H and O–H groups in total. The van der Waals surface area contributed by atoms with E-state index in [0.29, 0.717) is 32.5 Å². The SMILES string of the molecule is Cn1cc2c(cc1=O)CCN(C(=O)CCCN1CCCCC1=O)C2. The summed E-state index contributed by atoms with van der Waals surface area (Å²) in [5.74, 6) is 0.362. The van der Waals surface area contributed by atoms with Gasteiger partial charge in [-0.1, -0.05) is 0 Å². The van der Waals surface area contributed by atoms with Gasteiger partial charge in [-0.05, 0) is 36.8 Å². The highest BCUT2D eigenvalue weighted by Crippen LogP contribution is 2.18. The van der Waals surface area contributed by atoms with Crippen molar-refractivity contribution in [3.8, 4) is 0 Å². The number of hydrogen-bond donors (Lipinski definition) is 0. The van der Waals surface area contributed by atoms with E-state index in [1.54, 1.807) is 17.7 Å². The van der Waals surface area contributed by atoms with Crippen molar-refractivity contribution in [3.63, 3.8) is 0 Å². The lowest BCUT2D eigenvalue weighted by Crippen LogP contribution is -2.38. The number of carbonyl (C=O) groups is 2. The van der Waals surface area contributed by atoms with E-state index in [0.717, 1.165) is 43.4 Å². The second-order valence-electron chi connectivity index (χ2n) is 6.78. The highest BCUT2D eigenvalue weighted by Gasteiger charge is 2.22. The molecule has 130 valence electrons. The van der Waals surface area contributed by atoms with E-state index < -0.39 is 0 Å². The van der Waals surface area contributed by atoms with Gasteiger partial charge in [-0.25, -0.2) is 0 Å². The number of aromatic nitrogens is 1. The van der Waals surface area contributed by atoms with Gasteiger partial charge in [-0.2, -0.15) is 0 Å². The molecule has 0 aliphatic carbocycles. The molecule has 3 heterocycles. The Bertz CT molecular complexity index is 695. The Labute approximate surface area is 142 Å². The number of piperidine rings is 1. The van der Waals surface area contributed by atoms with Crippen LogP contribution in [0.1, 0.15) is 43.2 Å². The number of aryl methyl sites for hydroxylation is 1. The molecule has 0 unspecified atom stereocenters. The molecule has 0 saturated carbocycles. The Balaban J connectivity index is 1.51. The van der Waals surface area contributed by atoms with Crippen molar-refractivity contribution in [2.45, 2.75) is 45.1 Å². The Morgan fingerprint density at radius 2 is 1.96 bits per heavy atom. The molecule has 1 aromatic heterocycles. The topological polar surface area (TPSA) is 62.6 Å². The maximum Gasteiger partial charge on any atom is 0.250 e. The summed E-state index contributed by atoms with van der Waals surface area (Å²) in [5, 5.41) is 0. The summed E-state index contributed by atoms with van der Waals surface area (Å²) < 4.78 is 1.56. The van der Waals surface area contributed by atoms with Gasteiger partial charge >= 0.3 is 0 Å². The minimum atomic E-state index is -0.000254. The number of amides is 2. The number of rotatable bonds is 4. The zero-order valence-corrected chi connectivity index (χ0v) is 14.3. The maximum atomic E-state index is 12.4. The summed E-state index contributed by atoms with van der Waals surface area (Å²) in [4.78, 5) is 39.6. The van der Waals surface area contributed by atoms with Crippen LogP contribution in [0.15, 0.2) is 17.1 Å². The first kappa shape index (κ1) is 16.7. The molecule has 0 atom stereocenters. The van der Waals surface area contributed by atoms with Crippen molar-refractivity contribution >= 4 is 11.8 Å². The molecule has 2 aliphatic rings. The fourth-order valence-electron chi connectivity index (χ4n) is 3.53. The molecule has 1 fully saturated rings. The van der Waals surface area contributed by atoms with Gasteiger partial charge in [0.25, 0.3) is 5.56 Å². The third kappa shape index (κ3) is 3.68. The van der Waals surface area contributed by atoms with Crippen LogP contribution in [0.5, 0.6) is 0 Å². The van der Waals surface area contributed by atoms with Crippen LogP contribution in [0.25, 0.3) is 0 Å². The van der Waals surface area contributed by atoms with Crippen LogP contribution in [-0.2, 0) is 29.6 Å². The van der Waals surface area contributed by atoms with Gasteiger partial charge < -0.3 is 14.4 Å². The Kier molecular flexibility index (Phi) is 5.02. The van der Waals surface area contributed by atoms with Crippen molar-refractivity contribution in [1.82, 2.24) is 14.4 Å². The lowest BCUT2D eigenvalue weighted by atomic mass is 10.0. The summed E-state index contributed by atoms with van der Waals surface area (Å²) in [7, 11) is 1.74. The standard InChI is InChI=1S/C18H25N3O3/c1-19-12-15-13-21(10-7-14(15)11-18(19)24)17(23)6-4-9-20-8-3-2-5-16(20)22/h11-12H,2-10,13H2,1H3. The first-order valence-electron chi connectivity index (χ1n) is 8.78. The van der Waals surface area contributed by atoms with Gasteiger partial charge in [0.2, 0.25) is 11.8 Å². The molecule has 0 aromatic carbocycles. The number of hydrogen-bond acceptors (Lipinski definition) is 3. The van der Waals surface area contributed by atoms with Crippen LogP contribution in [0.3, 0.4) is 0 Å². The van der Waals surface area contributed by atoms with E-state index in [4.69, 9.17) is 0 Å². The third-order valence-electron chi connectivity index (χ3n) is 5.01. The first-order chi connectivity index (χ1) is 11.5. The van der Waals surface area contributed by atoms with Crippen molar-refractivity contribution < 1.29 is 9.59 Å². The zero-order valence-electron chi connectivity index (χ0n) is 14.3. The fourth-order valence-corrected chi connectivity index (χ4v) is 3.53. The molecule has 1 saturated heterocycles. The summed E-state index contributed by atoms with van der Waals surface area (Å²) in [5.41, 5.74) is 2.11. The molecule has 6 heteroatoms. The minimum absolute atomic E-state index is 0.000254. The van der Waals surface area contributed by atoms with Gasteiger partial charge in [-0.15, -0.1) is 0 Å². The predicted molar refractivity (Wildman–Crippen MR) is 90.5 cm³/mol. The molecule has 0 bridgehead atoms. The van der Waals surface area contributed by atoms with E-state index in [1.165, 1.54) is 0 Å². The summed E-state index contributed by atoms with van der Waals surface area (Å²) >= 11 is 0. The Morgan fingerprint density at radius 1 is 1.12 bits per heavy atom. The third-order valence-corrected chi connectivity index (χ3v) is 5.01.